The van der Waals surface area contributed by atoms with E-state index in [1.54, 1.807) is 56.9 Å². The monoisotopic (exact) mass is 378 g/mol. The first-order valence-corrected chi connectivity index (χ1v) is 8.76. The van der Waals surface area contributed by atoms with Crippen molar-refractivity contribution < 1.29 is 19.0 Å². The molecule has 0 fully saturated rings. The highest BCUT2D eigenvalue weighted by molar-refractivity contribution is 6.04. The standard InChI is InChI=1S/C22H22N2O4/c1-15-6-7-17(11-20(15)27-3)22(25)24-18-8-9-19(26-2)21(12-18)28-14-16-5-4-10-23-13-16/h4-13H,14H2,1-3H3,(H,24,25). The molecule has 0 aliphatic heterocycles. The molecule has 1 aromatic heterocycles. The van der Waals surface area contributed by atoms with Crippen LogP contribution in [0.5, 0.6) is 17.2 Å². The molecular formula is C22H22N2O4. The molecule has 0 spiro atoms. The second kappa shape index (κ2) is 8.90. The van der Waals surface area contributed by atoms with Gasteiger partial charge in [-0.1, -0.05) is 12.1 Å². The van der Waals surface area contributed by atoms with Gasteiger partial charge < -0.3 is 19.5 Å². The molecule has 3 aromatic rings. The summed E-state index contributed by atoms with van der Waals surface area (Å²) in [6, 6.07) is 14.4. The van der Waals surface area contributed by atoms with Gasteiger partial charge in [0.25, 0.3) is 5.91 Å². The Bertz CT molecular complexity index is 958. The number of aryl methyl sites for hydroxylation is 1. The van der Waals surface area contributed by atoms with Crippen LogP contribution >= 0.6 is 0 Å². The van der Waals surface area contributed by atoms with Gasteiger partial charge >= 0.3 is 0 Å². The fraction of sp³-hybridized carbons (Fsp3) is 0.182. The van der Waals surface area contributed by atoms with Crippen molar-refractivity contribution in [2.75, 3.05) is 19.5 Å². The molecule has 2 aromatic carbocycles. The number of benzene rings is 2. The van der Waals surface area contributed by atoms with Crippen molar-refractivity contribution in [1.82, 2.24) is 4.98 Å². The van der Waals surface area contributed by atoms with Gasteiger partial charge in [0.2, 0.25) is 0 Å². The van der Waals surface area contributed by atoms with E-state index in [0.717, 1.165) is 11.1 Å². The maximum Gasteiger partial charge on any atom is 0.255 e. The second-order valence-electron chi connectivity index (χ2n) is 6.15. The van der Waals surface area contributed by atoms with Crippen LogP contribution in [-0.4, -0.2) is 25.1 Å². The van der Waals surface area contributed by atoms with Crippen LogP contribution in [0.4, 0.5) is 5.69 Å². The molecule has 1 amide bonds. The highest BCUT2D eigenvalue weighted by Gasteiger charge is 2.12. The Balaban J connectivity index is 1.76. The van der Waals surface area contributed by atoms with Crippen molar-refractivity contribution in [2.45, 2.75) is 13.5 Å². The van der Waals surface area contributed by atoms with E-state index in [2.05, 4.69) is 10.3 Å². The molecule has 0 radical (unpaired) electrons. The van der Waals surface area contributed by atoms with Gasteiger partial charge in [-0.15, -0.1) is 0 Å². The van der Waals surface area contributed by atoms with Crippen LogP contribution in [0.1, 0.15) is 21.5 Å². The molecule has 3 rings (SSSR count). The van der Waals surface area contributed by atoms with E-state index in [1.165, 1.54) is 0 Å². The van der Waals surface area contributed by atoms with Crippen molar-refractivity contribution >= 4 is 11.6 Å². The highest BCUT2D eigenvalue weighted by atomic mass is 16.5. The van der Waals surface area contributed by atoms with Crippen LogP contribution < -0.4 is 19.5 Å². The number of aromatic nitrogens is 1. The molecule has 6 nitrogen and oxygen atoms in total. The summed E-state index contributed by atoms with van der Waals surface area (Å²) in [5, 5.41) is 2.88. The smallest absolute Gasteiger partial charge is 0.255 e. The van der Waals surface area contributed by atoms with Gasteiger partial charge in [-0.25, -0.2) is 0 Å². The molecule has 0 atom stereocenters. The maximum atomic E-state index is 12.6. The largest absolute Gasteiger partial charge is 0.496 e. The van der Waals surface area contributed by atoms with E-state index >= 15 is 0 Å². The molecule has 1 N–H and O–H groups in total. The fourth-order valence-electron chi connectivity index (χ4n) is 2.68. The van der Waals surface area contributed by atoms with Crippen LogP contribution in [0.25, 0.3) is 0 Å². The molecule has 0 aliphatic carbocycles. The summed E-state index contributed by atoms with van der Waals surface area (Å²) in [5.41, 5.74) is 3.02. The topological polar surface area (TPSA) is 69.7 Å². The van der Waals surface area contributed by atoms with Gasteiger partial charge in [-0.3, -0.25) is 9.78 Å². The molecule has 144 valence electrons. The summed E-state index contributed by atoms with van der Waals surface area (Å²) < 4.78 is 16.5. The van der Waals surface area contributed by atoms with Gasteiger partial charge in [-0.05, 0) is 42.8 Å². The van der Waals surface area contributed by atoms with E-state index < -0.39 is 0 Å². The average molecular weight is 378 g/mol. The van der Waals surface area contributed by atoms with E-state index in [-0.39, 0.29) is 5.91 Å². The van der Waals surface area contributed by atoms with Crippen molar-refractivity contribution in [3.63, 3.8) is 0 Å². The summed E-state index contributed by atoms with van der Waals surface area (Å²) in [6.07, 6.45) is 3.45. The number of rotatable bonds is 7. The average Bonchev–Trinajstić information content (AvgIpc) is 2.73. The third kappa shape index (κ3) is 4.59. The van der Waals surface area contributed by atoms with Crippen molar-refractivity contribution in [1.29, 1.82) is 0 Å². The Morgan fingerprint density at radius 2 is 1.82 bits per heavy atom. The Hall–Kier alpha value is -3.54. The van der Waals surface area contributed by atoms with Gasteiger partial charge in [0.1, 0.15) is 12.4 Å². The number of carbonyl (C=O) groups is 1. The summed E-state index contributed by atoms with van der Waals surface area (Å²) in [7, 11) is 3.16. The molecular weight excluding hydrogens is 356 g/mol. The SMILES string of the molecule is COc1cc(C(=O)Nc2ccc(OC)c(OCc3cccnc3)c2)ccc1C. The molecule has 0 saturated heterocycles. The van der Waals surface area contributed by atoms with E-state index in [4.69, 9.17) is 14.2 Å². The lowest BCUT2D eigenvalue weighted by molar-refractivity contribution is 0.102. The van der Waals surface area contributed by atoms with Crippen LogP contribution in [0.15, 0.2) is 60.9 Å². The zero-order chi connectivity index (χ0) is 19.9. The number of hydrogen-bond donors (Lipinski definition) is 1. The number of anilines is 1. The predicted octanol–water partition coefficient (Wildman–Crippen LogP) is 4.24. The van der Waals surface area contributed by atoms with Crippen LogP contribution in [0, 0.1) is 6.92 Å². The Morgan fingerprint density at radius 1 is 1.00 bits per heavy atom. The minimum Gasteiger partial charge on any atom is -0.496 e. The van der Waals surface area contributed by atoms with E-state index in [1.807, 2.05) is 25.1 Å². The molecule has 0 aliphatic rings. The Labute approximate surface area is 164 Å². The van der Waals surface area contributed by atoms with E-state index in [0.29, 0.717) is 35.1 Å². The summed E-state index contributed by atoms with van der Waals surface area (Å²) in [4.78, 5) is 16.7. The number of nitrogens with one attached hydrogen (secondary N) is 1. The lowest BCUT2D eigenvalue weighted by atomic mass is 10.1. The Kier molecular flexibility index (Phi) is 6.11. The lowest BCUT2D eigenvalue weighted by Gasteiger charge is -2.13. The first kappa shape index (κ1) is 19.2. The van der Waals surface area contributed by atoms with Crippen LogP contribution in [0.3, 0.4) is 0 Å². The third-order valence-electron chi connectivity index (χ3n) is 4.21. The van der Waals surface area contributed by atoms with Crippen LogP contribution in [0.2, 0.25) is 0 Å². The molecule has 6 heteroatoms. The van der Waals surface area contributed by atoms with Gasteiger partial charge in [0.05, 0.1) is 14.2 Å². The molecule has 1 heterocycles. The number of methoxy groups -OCH3 is 2. The third-order valence-corrected chi connectivity index (χ3v) is 4.21. The van der Waals surface area contributed by atoms with E-state index in [9.17, 15) is 4.79 Å². The number of nitrogens with zero attached hydrogens (tertiary/aromatic N) is 1. The zero-order valence-electron chi connectivity index (χ0n) is 16.1. The number of hydrogen-bond acceptors (Lipinski definition) is 5. The highest BCUT2D eigenvalue weighted by Crippen LogP contribution is 2.31. The molecule has 28 heavy (non-hydrogen) atoms. The number of ether oxygens (including phenoxy) is 3. The molecule has 0 saturated carbocycles. The number of carbonyl (C=O) groups excluding carboxylic acids is 1. The first-order valence-electron chi connectivity index (χ1n) is 8.76. The second-order valence-corrected chi connectivity index (χ2v) is 6.15. The quantitative estimate of drug-likeness (QED) is 0.666. The normalized spacial score (nSPS) is 10.2. The fourth-order valence-corrected chi connectivity index (χ4v) is 2.68. The predicted molar refractivity (Wildman–Crippen MR) is 107 cm³/mol. The summed E-state index contributed by atoms with van der Waals surface area (Å²) in [6.45, 7) is 2.27. The molecule has 0 unspecified atom stereocenters. The minimum atomic E-state index is -0.235. The van der Waals surface area contributed by atoms with Gasteiger partial charge in [0.15, 0.2) is 11.5 Å². The molecule has 0 bridgehead atoms. The van der Waals surface area contributed by atoms with Crippen molar-refractivity contribution in [3.8, 4) is 17.2 Å². The van der Waals surface area contributed by atoms with Crippen molar-refractivity contribution in [2.24, 2.45) is 0 Å². The summed E-state index contributed by atoms with van der Waals surface area (Å²) >= 11 is 0. The zero-order valence-corrected chi connectivity index (χ0v) is 16.1. The van der Waals surface area contributed by atoms with Crippen LogP contribution in [-0.2, 0) is 6.61 Å². The van der Waals surface area contributed by atoms with Gasteiger partial charge in [-0.2, -0.15) is 0 Å². The Morgan fingerprint density at radius 3 is 2.54 bits per heavy atom. The van der Waals surface area contributed by atoms with Gasteiger partial charge in [0, 0.05) is 35.3 Å². The lowest BCUT2D eigenvalue weighted by Crippen LogP contribution is -2.12. The van der Waals surface area contributed by atoms with Crippen molar-refractivity contribution in [3.05, 3.63) is 77.6 Å². The maximum absolute atomic E-state index is 12.6. The number of amides is 1. The first-order chi connectivity index (χ1) is 13.6. The minimum absolute atomic E-state index is 0.235. The number of pyridine rings is 1. The summed E-state index contributed by atoms with van der Waals surface area (Å²) in [5.74, 6) is 1.55.